The van der Waals surface area contributed by atoms with Gasteiger partial charge in [0, 0.05) is 12.6 Å². The van der Waals surface area contributed by atoms with Gasteiger partial charge in [0.2, 0.25) is 0 Å². The second-order valence-corrected chi connectivity index (χ2v) is 5.43. The van der Waals surface area contributed by atoms with Crippen LogP contribution < -0.4 is 5.32 Å². The van der Waals surface area contributed by atoms with Crippen LogP contribution in [0.4, 0.5) is 0 Å². The van der Waals surface area contributed by atoms with Crippen molar-refractivity contribution in [2.45, 2.75) is 37.8 Å². The van der Waals surface area contributed by atoms with E-state index in [1.807, 2.05) is 0 Å². The Bertz CT molecular complexity index is 382. The number of nitrogens with zero attached hydrogens (tertiary/aromatic N) is 1. The molecule has 2 atom stereocenters. The zero-order chi connectivity index (χ0) is 11.7. The molecule has 1 fully saturated rings. The zero-order valence-electron chi connectivity index (χ0n) is 10.7. The molecule has 0 aliphatic carbocycles. The lowest BCUT2D eigenvalue weighted by Gasteiger charge is -2.41. The molecular weight excluding hydrogens is 208 g/mol. The molecule has 2 aliphatic heterocycles. The topological polar surface area (TPSA) is 15.3 Å². The van der Waals surface area contributed by atoms with Crippen molar-refractivity contribution in [1.82, 2.24) is 10.2 Å². The first-order valence-corrected chi connectivity index (χ1v) is 6.88. The Morgan fingerprint density at radius 3 is 2.94 bits per heavy atom. The summed E-state index contributed by atoms with van der Waals surface area (Å²) in [7, 11) is 2.27. The van der Waals surface area contributed by atoms with Crippen molar-refractivity contribution in [3.8, 4) is 0 Å². The van der Waals surface area contributed by atoms with Gasteiger partial charge in [-0.05, 0) is 44.0 Å². The van der Waals surface area contributed by atoms with Crippen molar-refractivity contribution in [2.24, 2.45) is 0 Å². The van der Waals surface area contributed by atoms with E-state index >= 15 is 0 Å². The number of nitrogens with one attached hydrogen (secondary N) is 1. The Hall–Kier alpha value is -0.860. The molecule has 2 aliphatic rings. The largest absolute Gasteiger partial charge is 0.312 e. The van der Waals surface area contributed by atoms with Gasteiger partial charge in [-0.1, -0.05) is 30.7 Å². The van der Waals surface area contributed by atoms with Crippen molar-refractivity contribution >= 4 is 0 Å². The van der Waals surface area contributed by atoms with E-state index in [4.69, 9.17) is 0 Å². The number of hydrogen-bond donors (Lipinski definition) is 1. The van der Waals surface area contributed by atoms with Crippen LogP contribution in [0.2, 0.25) is 0 Å². The van der Waals surface area contributed by atoms with Gasteiger partial charge in [-0.2, -0.15) is 0 Å². The second-order valence-electron chi connectivity index (χ2n) is 5.43. The molecule has 1 saturated heterocycles. The quantitative estimate of drug-likeness (QED) is 0.796. The fourth-order valence-corrected chi connectivity index (χ4v) is 3.40. The summed E-state index contributed by atoms with van der Waals surface area (Å²) in [4.78, 5) is 2.53. The summed E-state index contributed by atoms with van der Waals surface area (Å²) in [6.07, 6.45) is 5.25. The molecular formula is C15H22N2. The highest BCUT2D eigenvalue weighted by molar-refractivity contribution is 5.33. The summed E-state index contributed by atoms with van der Waals surface area (Å²) in [5.74, 6) is 0. The normalized spacial score (nSPS) is 29.9. The molecule has 1 aromatic carbocycles. The van der Waals surface area contributed by atoms with Crippen LogP contribution >= 0.6 is 0 Å². The maximum Gasteiger partial charge on any atom is 0.0501 e. The smallest absolute Gasteiger partial charge is 0.0501 e. The van der Waals surface area contributed by atoms with Gasteiger partial charge >= 0.3 is 0 Å². The van der Waals surface area contributed by atoms with Gasteiger partial charge in [-0.15, -0.1) is 0 Å². The molecule has 2 unspecified atom stereocenters. The summed E-state index contributed by atoms with van der Waals surface area (Å²) >= 11 is 0. The Morgan fingerprint density at radius 1 is 1.24 bits per heavy atom. The predicted octanol–water partition coefficient (Wildman–Crippen LogP) is 2.36. The van der Waals surface area contributed by atoms with Crippen molar-refractivity contribution in [3.05, 3.63) is 35.4 Å². The minimum absolute atomic E-state index is 0.584. The van der Waals surface area contributed by atoms with E-state index in [9.17, 15) is 0 Å². The standard InChI is InChI=1S/C15H22N2/c1-17-11-9-12-6-2-3-7-13(12)15(17)14-8-4-5-10-16-14/h2-3,6-7,14-16H,4-5,8-11H2,1H3. The molecule has 92 valence electrons. The van der Waals surface area contributed by atoms with Crippen molar-refractivity contribution in [1.29, 1.82) is 0 Å². The van der Waals surface area contributed by atoms with E-state index in [1.54, 1.807) is 11.1 Å². The lowest BCUT2D eigenvalue weighted by Crippen LogP contribution is -2.47. The molecule has 0 amide bonds. The molecule has 2 heteroatoms. The molecule has 0 spiro atoms. The number of fused-ring (bicyclic) bond motifs is 1. The van der Waals surface area contributed by atoms with Crippen LogP contribution in [-0.2, 0) is 6.42 Å². The highest BCUT2D eigenvalue weighted by Gasteiger charge is 2.31. The van der Waals surface area contributed by atoms with Gasteiger partial charge in [0.1, 0.15) is 0 Å². The first kappa shape index (κ1) is 11.2. The molecule has 3 rings (SSSR count). The van der Waals surface area contributed by atoms with E-state index in [2.05, 4.69) is 41.5 Å². The van der Waals surface area contributed by atoms with Crippen molar-refractivity contribution < 1.29 is 0 Å². The Labute approximate surface area is 104 Å². The van der Waals surface area contributed by atoms with Crippen LogP contribution in [0.1, 0.15) is 36.4 Å². The monoisotopic (exact) mass is 230 g/mol. The Morgan fingerprint density at radius 2 is 2.12 bits per heavy atom. The summed E-state index contributed by atoms with van der Waals surface area (Å²) in [5, 5.41) is 3.72. The summed E-state index contributed by atoms with van der Waals surface area (Å²) in [6.45, 7) is 2.39. The number of hydrogen-bond acceptors (Lipinski definition) is 2. The highest BCUT2D eigenvalue weighted by Crippen LogP contribution is 2.33. The third-order valence-corrected chi connectivity index (χ3v) is 4.31. The SMILES string of the molecule is CN1CCc2ccccc2C1C1CCCCN1. The van der Waals surface area contributed by atoms with E-state index < -0.39 is 0 Å². The summed E-state index contributed by atoms with van der Waals surface area (Å²) < 4.78 is 0. The second kappa shape index (κ2) is 4.79. The van der Waals surface area contributed by atoms with E-state index in [0.717, 1.165) is 0 Å². The summed E-state index contributed by atoms with van der Waals surface area (Å²) in [6, 6.07) is 10.2. The molecule has 17 heavy (non-hydrogen) atoms. The predicted molar refractivity (Wildman–Crippen MR) is 71.2 cm³/mol. The highest BCUT2D eigenvalue weighted by atomic mass is 15.2. The molecule has 0 radical (unpaired) electrons. The average Bonchev–Trinajstić information content (AvgIpc) is 2.39. The fraction of sp³-hybridized carbons (Fsp3) is 0.600. The molecule has 2 heterocycles. The van der Waals surface area contributed by atoms with Crippen LogP contribution in [0, 0.1) is 0 Å². The summed E-state index contributed by atoms with van der Waals surface area (Å²) in [5.41, 5.74) is 3.11. The van der Waals surface area contributed by atoms with Crippen molar-refractivity contribution in [3.63, 3.8) is 0 Å². The van der Waals surface area contributed by atoms with Crippen LogP contribution in [0.3, 0.4) is 0 Å². The first-order valence-electron chi connectivity index (χ1n) is 6.88. The zero-order valence-corrected chi connectivity index (χ0v) is 10.7. The van der Waals surface area contributed by atoms with E-state index in [0.29, 0.717) is 12.1 Å². The lowest BCUT2D eigenvalue weighted by atomic mass is 9.85. The van der Waals surface area contributed by atoms with Gasteiger partial charge in [-0.25, -0.2) is 0 Å². The number of rotatable bonds is 1. The van der Waals surface area contributed by atoms with Gasteiger partial charge < -0.3 is 5.32 Å². The van der Waals surface area contributed by atoms with Crippen LogP contribution in [0.15, 0.2) is 24.3 Å². The van der Waals surface area contributed by atoms with Crippen LogP contribution in [0.25, 0.3) is 0 Å². The lowest BCUT2D eigenvalue weighted by molar-refractivity contribution is 0.163. The fourth-order valence-electron chi connectivity index (χ4n) is 3.40. The average molecular weight is 230 g/mol. The maximum atomic E-state index is 3.72. The Kier molecular flexibility index (Phi) is 3.17. The number of benzene rings is 1. The Balaban J connectivity index is 1.91. The van der Waals surface area contributed by atoms with Gasteiger partial charge in [0.05, 0.1) is 6.04 Å². The third kappa shape index (κ3) is 2.12. The minimum Gasteiger partial charge on any atom is -0.312 e. The maximum absolute atomic E-state index is 3.72. The number of piperidine rings is 1. The van der Waals surface area contributed by atoms with Crippen LogP contribution in [0.5, 0.6) is 0 Å². The molecule has 0 aromatic heterocycles. The minimum atomic E-state index is 0.584. The van der Waals surface area contributed by atoms with Gasteiger partial charge in [0.15, 0.2) is 0 Å². The van der Waals surface area contributed by atoms with Gasteiger partial charge in [0.25, 0.3) is 0 Å². The molecule has 0 bridgehead atoms. The van der Waals surface area contributed by atoms with E-state index in [-0.39, 0.29) is 0 Å². The molecule has 1 aromatic rings. The molecule has 0 saturated carbocycles. The number of likely N-dealkylation sites (N-methyl/N-ethyl adjacent to an activating group) is 1. The van der Waals surface area contributed by atoms with Crippen molar-refractivity contribution in [2.75, 3.05) is 20.1 Å². The van der Waals surface area contributed by atoms with Gasteiger partial charge in [-0.3, -0.25) is 4.90 Å². The van der Waals surface area contributed by atoms with E-state index in [1.165, 1.54) is 38.8 Å². The first-order chi connectivity index (χ1) is 8.36. The molecule has 1 N–H and O–H groups in total. The third-order valence-electron chi connectivity index (χ3n) is 4.31. The molecule has 2 nitrogen and oxygen atoms in total. The van der Waals surface area contributed by atoms with Crippen LogP contribution in [-0.4, -0.2) is 31.1 Å².